The van der Waals surface area contributed by atoms with Crippen molar-refractivity contribution < 1.29 is 0 Å². The van der Waals surface area contributed by atoms with E-state index in [1.54, 1.807) is 11.3 Å². The minimum absolute atomic E-state index is 0.272. The van der Waals surface area contributed by atoms with Crippen LogP contribution in [-0.4, -0.2) is 10.1 Å². The van der Waals surface area contributed by atoms with Gasteiger partial charge in [0.25, 0.3) is 0 Å². The van der Waals surface area contributed by atoms with Gasteiger partial charge in [-0.2, -0.15) is 0 Å². The number of nitrogens with zero attached hydrogens (tertiary/aromatic N) is 1. The molecule has 0 saturated carbocycles. The summed E-state index contributed by atoms with van der Waals surface area (Å²) in [5.74, 6) is 0. The van der Waals surface area contributed by atoms with Crippen molar-refractivity contribution in [2.24, 2.45) is 5.73 Å². The Morgan fingerprint density at radius 1 is 1.44 bits per heavy atom. The fourth-order valence-corrected chi connectivity index (χ4v) is 2.35. The van der Waals surface area contributed by atoms with Gasteiger partial charge in [-0.25, -0.2) is 4.98 Å². The van der Waals surface area contributed by atoms with E-state index >= 15 is 0 Å². The lowest BCUT2D eigenvalue weighted by molar-refractivity contribution is 1.30. The molecule has 0 radical (unpaired) electrons. The Morgan fingerprint density at radius 3 is 2.81 bits per heavy atom. The van der Waals surface area contributed by atoms with E-state index in [1.807, 2.05) is 37.4 Å². The van der Waals surface area contributed by atoms with Gasteiger partial charge >= 0.3 is 0 Å². The maximum Gasteiger partial charge on any atom is 0.168 e. The van der Waals surface area contributed by atoms with Crippen LogP contribution in [-0.2, 0) is 0 Å². The average Bonchev–Trinajstić information content (AvgIpc) is 2.65. The number of para-hydroxylation sites is 1. The normalized spacial score (nSPS) is 10.1. The Bertz CT molecular complexity index is 519. The number of anilines is 1. The molecule has 0 fully saturated rings. The first kappa shape index (κ1) is 11.0. The number of hydrogen-bond donors (Lipinski definition) is 2. The lowest BCUT2D eigenvalue weighted by atomic mass is 10.1. The molecule has 0 aliphatic heterocycles. The SMILES string of the molecule is Cc1ncc(-c2ccccc2NC(N)=S)s1. The molecular formula is C11H11N3S2. The first-order valence-electron chi connectivity index (χ1n) is 4.75. The summed E-state index contributed by atoms with van der Waals surface area (Å²) in [6.45, 7) is 1.98. The van der Waals surface area contributed by atoms with Gasteiger partial charge in [-0.15, -0.1) is 11.3 Å². The van der Waals surface area contributed by atoms with Gasteiger partial charge < -0.3 is 11.1 Å². The van der Waals surface area contributed by atoms with Gasteiger partial charge in [0.05, 0.1) is 9.88 Å². The second kappa shape index (κ2) is 4.59. The van der Waals surface area contributed by atoms with E-state index in [-0.39, 0.29) is 5.11 Å². The molecule has 1 aromatic heterocycles. The largest absolute Gasteiger partial charge is 0.376 e. The number of nitrogens with one attached hydrogen (secondary N) is 1. The highest BCUT2D eigenvalue weighted by Gasteiger charge is 2.07. The summed E-state index contributed by atoms with van der Waals surface area (Å²) in [6, 6.07) is 7.89. The van der Waals surface area contributed by atoms with Crippen LogP contribution in [0.25, 0.3) is 10.4 Å². The van der Waals surface area contributed by atoms with Crippen LogP contribution in [0.3, 0.4) is 0 Å². The number of nitrogens with two attached hydrogens (primary N) is 1. The van der Waals surface area contributed by atoms with Crippen molar-refractivity contribution in [3.8, 4) is 10.4 Å². The van der Waals surface area contributed by atoms with Crippen LogP contribution in [0.4, 0.5) is 5.69 Å². The van der Waals surface area contributed by atoms with Crippen LogP contribution < -0.4 is 11.1 Å². The van der Waals surface area contributed by atoms with Crippen LogP contribution >= 0.6 is 23.6 Å². The maximum atomic E-state index is 5.48. The zero-order valence-electron chi connectivity index (χ0n) is 8.73. The summed E-state index contributed by atoms with van der Waals surface area (Å²) in [6.07, 6.45) is 1.86. The second-order valence-corrected chi connectivity index (χ2v) is 4.95. The predicted octanol–water partition coefficient (Wildman–Crippen LogP) is 2.77. The number of hydrogen-bond acceptors (Lipinski definition) is 3. The Kier molecular flexibility index (Phi) is 3.17. The Balaban J connectivity index is 2.43. The topological polar surface area (TPSA) is 50.9 Å². The van der Waals surface area contributed by atoms with Gasteiger partial charge in [-0.3, -0.25) is 0 Å². The predicted molar refractivity (Wildman–Crippen MR) is 72.7 cm³/mol. The summed E-state index contributed by atoms with van der Waals surface area (Å²) in [5.41, 5.74) is 7.47. The quantitative estimate of drug-likeness (QED) is 0.804. The highest BCUT2D eigenvalue weighted by molar-refractivity contribution is 7.80. The number of thiocarbonyl (C=S) groups is 1. The summed E-state index contributed by atoms with van der Waals surface area (Å²) < 4.78 is 0. The first-order valence-corrected chi connectivity index (χ1v) is 5.97. The van der Waals surface area contributed by atoms with Crippen molar-refractivity contribution >= 4 is 34.4 Å². The van der Waals surface area contributed by atoms with Gasteiger partial charge in [-0.1, -0.05) is 18.2 Å². The van der Waals surface area contributed by atoms with E-state index in [9.17, 15) is 0 Å². The van der Waals surface area contributed by atoms with E-state index in [4.69, 9.17) is 18.0 Å². The van der Waals surface area contributed by atoms with Crippen LogP contribution in [0.15, 0.2) is 30.5 Å². The van der Waals surface area contributed by atoms with Gasteiger partial charge in [0.1, 0.15) is 0 Å². The molecule has 2 aromatic rings. The minimum atomic E-state index is 0.272. The number of thiazole rings is 1. The minimum Gasteiger partial charge on any atom is -0.376 e. The van der Waals surface area contributed by atoms with Gasteiger partial charge in [0, 0.05) is 17.4 Å². The van der Waals surface area contributed by atoms with Crippen LogP contribution in [0, 0.1) is 6.92 Å². The third kappa shape index (κ3) is 2.37. The highest BCUT2D eigenvalue weighted by atomic mass is 32.1. The molecule has 0 aliphatic carbocycles. The third-order valence-corrected chi connectivity index (χ3v) is 3.12. The monoisotopic (exact) mass is 249 g/mol. The first-order chi connectivity index (χ1) is 7.66. The van der Waals surface area contributed by atoms with Crippen molar-refractivity contribution in [3.63, 3.8) is 0 Å². The molecule has 0 amide bonds. The maximum absolute atomic E-state index is 5.48. The Morgan fingerprint density at radius 2 is 2.19 bits per heavy atom. The Hall–Kier alpha value is -1.46. The number of aryl methyl sites for hydroxylation is 1. The molecule has 0 bridgehead atoms. The van der Waals surface area contributed by atoms with Crippen LogP contribution in [0.1, 0.15) is 5.01 Å². The molecule has 0 saturated heterocycles. The number of benzene rings is 1. The summed E-state index contributed by atoms with van der Waals surface area (Å²) >= 11 is 6.49. The van der Waals surface area contributed by atoms with E-state index in [0.29, 0.717) is 0 Å². The molecule has 0 spiro atoms. The molecule has 1 aromatic carbocycles. The fourth-order valence-electron chi connectivity index (χ4n) is 1.43. The Labute approximate surface area is 103 Å². The third-order valence-electron chi connectivity index (χ3n) is 2.07. The van der Waals surface area contributed by atoms with Crippen LogP contribution in [0.5, 0.6) is 0 Å². The van der Waals surface area contributed by atoms with E-state index in [1.165, 1.54) is 0 Å². The second-order valence-electron chi connectivity index (χ2n) is 3.28. The standard InChI is InChI=1S/C11H11N3S2/c1-7-13-6-10(16-7)8-4-2-3-5-9(8)14-11(12)15/h2-6H,1H3,(H3,12,14,15). The van der Waals surface area contributed by atoms with E-state index in [2.05, 4.69) is 10.3 Å². The molecule has 3 nitrogen and oxygen atoms in total. The van der Waals surface area contributed by atoms with Gasteiger partial charge in [0.2, 0.25) is 0 Å². The average molecular weight is 249 g/mol. The molecular weight excluding hydrogens is 238 g/mol. The zero-order chi connectivity index (χ0) is 11.5. The van der Waals surface area contributed by atoms with E-state index in [0.717, 1.165) is 21.1 Å². The lowest BCUT2D eigenvalue weighted by Gasteiger charge is -2.08. The molecule has 0 atom stereocenters. The highest BCUT2D eigenvalue weighted by Crippen LogP contribution is 2.31. The molecule has 3 N–H and O–H groups in total. The molecule has 2 rings (SSSR count). The molecule has 1 heterocycles. The summed E-state index contributed by atoms with van der Waals surface area (Å²) in [7, 11) is 0. The molecule has 0 aliphatic rings. The van der Waals surface area contributed by atoms with Crippen molar-refractivity contribution in [1.82, 2.24) is 4.98 Å². The van der Waals surface area contributed by atoms with Crippen molar-refractivity contribution in [3.05, 3.63) is 35.5 Å². The molecule has 0 unspecified atom stereocenters. The van der Waals surface area contributed by atoms with Gasteiger partial charge in [0.15, 0.2) is 5.11 Å². The van der Waals surface area contributed by atoms with Crippen molar-refractivity contribution in [1.29, 1.82) is 0 Å². The zero-order valence-corrected chi connectivity index (χ0v) is 10.4. The number of rotatable bonds is 2. The summed E-state index contributed by atoms with van der Waals surface area (Å²) in [4.78, 5) is 5.35. The van der Waals surface area contributed by atoms with Gasteiger partial charge in [-0.05, 0) is 25.2 Å². The fraction of sp³-hybridized carbons (Fsp3) is 0.0909. The van der Waals surface area contributed by atoms with E-state index < -0.39 is 0 Å². The van der Waals surface area contributed by atoms with Crippen molar-refractivity contribution in [2.45, 2.75) is 6.92 Å². The smallest absolute Gasteiger partial charge is 0.168 e. The van der Waals surface area contributed by atoms with Crippen LogP contribution in [0.2, 0.25) is 0 Å². The molecule has 82 valence electrons. The summed E-state index contributed by atoms with van der Waals surface area (Å²) in [5, 5.41) is 4.28. The molecule has 16 heavy (non-hydrogen) atoms. The lowest BCUT2D eigenvalue weighted by Crippen LogP contribution is -2.19. The number of aromatic nitrogens is 1. The van der Waals surface area contributed by atoms with Crippen molar-refractivity contribution in [2.75, 3.05) is 5.32 Å². The molecule has 5 heteroatoms.